The highest BCUT2D eigenvalue weighted by Crippen LogP contribution is 2.31. The van der Waals surface area contributed by atoms with Gasteiger partial charge >= 0.3 is 5.97 Å². The van der Waals surface area contributed by atoms with Crippen LogP contribution in [0.15, 0.2) is 60.7 Å². The Labute approximate surface area is 123 Å². The maximum absolute atomic E-state index is 11.8. The second-order valence-corrected chi connectivity index (χ2v) is 4.81. The van der Waals surface area contributed by atoms with Crippen molar-refractivity contribution < 1.29 is 19.4 Å². The van der Waals surface area contributed by atoms with Gasteiger partial charge in [-0.3, -0.25) is 0 Å². The summed E-state index contributed by atoms with van der Waals surface area (Å²) in [4.78, 5) is 11.8. The maximum Gasteiger partial charge on any atom is 0.339 e. The average Bonchev–Trinajstić information content (AvgIpc) is 2.55. The fraction of sp³-hybridized carbons (Fsp3) is 0.235. The van der Waals surface area contributed by atoms with E-state index in [1.54, 1.807) is 31.2 Å². The van der Waals surface area contributed by atoms with Gasteiger partial charge in [0.1, 0.15) is 5.75 Å². The molecule has 1 N–H and O–H groups in total. The molecule has 21 heavy (non-hydrogen) atoms. The Balaban J connectivity index is 2.41. The summed E-state index contributed by atoms with van der Waals surface area (Å²) in [5.74, 6) is -0.177. The van der Waals surface area contributed by atoms with Gasteiger partial charge in [0.2, 0.25) is 0 Å². The molecule has 0 saturated carbocycles. The number of benzene rings is 2. The fourth-order valence-corrected chi connectivity index (χ4v) is 2.11. The number of para-hydroxylation sites is 1. The van der Waals surface area contributed by atoms with E-state index in [2.05, 4.69) is 4.74 Å². The predicted octanol–water partition coefficient (Wildman–Crippen LogP) is 2.51. The van der Waals surface area contributed by atoms with Gasteiger partial charge in [0.15, 0.2) is 11.7 Å². The Morgan fingerprint density at radius 1 is 1.05 bits per heavy atom. The number of aliphatic hydroxyl groups is 1. The number of hydrogen-bond donors (Lipinski definition) is 1. The van der Waals surface area contributed by atoms with Crippen LogP contribution in [0.2, 0.25) is 0 Å². The van der Waals surface area contributed by atoms with Crippen molar-refractivity contribution in [1.29, 1.82) is 0 Å². The smallest absolute Gasteiger partial charge is 0.339 e. The highest BCUT2D eigenvalue weighted by molar-refractivity contribution is 5.76. The molecule has 0 amide bonds. The summed E-state index contributed by atoms with van der Waals surface area (Å²) in [6.07, 6.45) is -1.44. The number of rotatable bonds is 5. The quantitative estimate of drug-likeness (QED) is 0.858. The van der Waals surface area contributed by atoms with Crippen molar-refractivity contribution in [1.82, 2.24) is 0 Å². The molecule has 2 rings (SSSR count). The zero-order valence-corrected chi connectivity index (χ0v) is 12.0. The number of carbonyl (C=O) groups excluding carboxylic acids is 1. The van der Waals surface area contributed by atoms with Crippen molar-refractivity contribution in [2.45, 2.75) is 18.6 Å². The Bertz CT molecular complexity index is 582. The maximum atomic E-state index is 11.8. The number of hydrogen-bond acceptors (Lipinski definition) is 4. The second kappa shape index (κ2) is 6.41. The van der Waals surface area contributed by atoms with E-state index < -0.39 is 17.7 Å². The van der Waals surface area contributed by atoms with Gasteiger partial charge in [0.25, 0.3) is 0 Å². The molecule has 0 bridgehead atoms. The molecule has 4 heteroatoms. The third-order valence-corrected chi connectivity index (χ3v) is 3.37. The van der Waals surface area contributed by atoms with E-state index in [1.807, 2.05) is 36.4 Å². The highest BCUT2D eigenvalue weighted by atomic mass is 16.6. The highest BCUT2D eigenvalue weighted by Gasteiger charge is 2.42. The normalized spacial score (nSPS) is 14.8. The van der Waals surface area contributed by atoms with Gasteiger partial charge in [-0.25, -0.2) is 4.79 Å². The number of aliphatic hydroxyl groups excluding tert-OH is 1. The number of esters is 1. The lowest BCUT2D eigenvalue weighted by Gasteiger charge is -2.34. The standard InChI is InChI=1S/C17H18O4/c1-17(15(18)16(19)20-2,13-9-5-3-6-10-13)21-14-11-7-4-8-12-14/h3-12,15,18H,1-2H3. The minimum Gasteiger partial charge on any atom is -0.479 e. The minimum atomic E-state index is -1.44. The van der Waals surface area contributed by atoms with E-state index in [0.29, 0.717) is 11.3 Å². The van der Waals surface area contributed by atoms with E-state index in [9.17, 15) is 9.90 Å². The van der Waals surface area contributed by atoms with Gasteiger partial charge < -0.3 is 14.6 Å². The molecule has 0 saturated heterocycles. The molecule has 0 aliphatic heterocycles. The largest absolute Gasteiger partial charge is 0.479 e. The fourth-order valence-electron chi connectivity index (χ4n) is 2.11. The van der Waals surface area contributed by atoms with Gasteiger partial charge in [0.05, 0.1) is 7.11 Å². The van der Waals surface area contributed by atoms with Crippen LogP contribution in [-0.4, -0.2) is 24.3 Å². The third-order valence-electron chi connectivity index (χ3n) is 3.37. The van der Waals surface area contributed by atoms with Crippen LogP contribution in [0.25, 0.3) is 0 Å². The van der Waals surface area contributed by atoms with Crippen molar-refractivity contribution in [2.24, 2.45) is 0 Å². The average molecular weight is 286 g/mol. The lowest BCUT2D eigenvalue weighted by atomic mass is 9.89. The van der Waals surface area contributed by atoms with Crippen LogP contribution in [0.5, 0.6) is 5.75 Å². The van der Waals surface area contributed by atoms with Gasteiger partial charge in [0, 0.05) is 0 Å². The molecule has 0 heterocycles. The molecule has 2 unspecified atom stereocenters. The molecule has 0 aliphatic rings. The molecule has 0 spiro atoms. The summed E-state index contributed by atoms with van der Waals surface area (Å²) in [7, 11) is 1.24. The van der Waals surface area contributed by atoms with Crippen LogP contribution in [-0.2, 0) is 15.1 Å². The van der Waals surface area contributed by atoms with Crippen LogP contribution < -0.4 is 4.74 Å². The molecule has 2 atom stereocenters. The van der Waals surface area contributed by atoms with Crippen LogP contribution in [0.3, 0.4) is 0 Å². The lowest BCUT2D eigenvalue weighted by molar-refractivity contribution is -0.163. The van der Waals surface area contributed by atoms with Crippen LogP contribution in [0, 0.1) is 0 Å². The first-order valence-corrected chi connectivity index (χ1v) is 6.63. The van der Waals surface area contributed by atoms with E-state index in [0.717, 1.165) is 0 Å². The Morgan fingerprint density at radius 3 is 2.10 bits per heavy atom. The van der Waals surface area contributed by atoms with Crippen LogP contribution in [0.1, 0.15) is 12.5 Å². The molecule has 0 fully saturated rings. The molecule has 110 valence electrons. The second-order valence-electron chi connectivity index (χ2n) is 4.81. The first-order valence-electron chi connectivity index (χ1n) is 6.63. The summed E-state index contributed by atoms with van der Waals surface area (Å²) < 4.78 is 10.6. The molecule has 0 radical (unpaired) electrons. The Hall–Kier alpha value is -2.33. The summed E-state index contributed by atoms with van der Waals surface area (Å²) >= 11 is 0. The topological polar surface area (TPSA) is 55.8 Å². The predicted molar refractivity (Wildman–Crippen MR) is 78.9 cm³/mol. The molecular weight excluding hydrogens is 268 g/mol. The molecule has 2 aromatic rings. The Morgan fingerprint density at radius 2 is 1.57 bits per heavy atom. The molecule has 2 aromatic carbocycles. The number of methoxy groups -OCH3 is 1. The molecule has 4 nitrogen and oxygen atoms in total. The number of ether oxygens (including phenoxy) is 2. The summed E-state index contributed by atoms with van der Waals surface area (Å²) in [6, 6.07) is 18.2. The summed E-state index contributed by atoms with van der Waals surface area (Å²) in [5, 5.41) is 10.4. The first-order chi connectivity index (χ1) is 10.1. The van der Waals surface area contributed by atoms with E-state index in [-0.39, 0.29) is 0 Å². The number of carbonyl (C=O) groups is 1. The van der Waals surface area contributed by atoms with Crippen molar-refractivity contribution in [3.63, 3.8) is 0 Å². The zero-order valence-electron chi connectivity index (χ0n) is 12.0. The molecular formula is C17H18O4. The van der Waals surface area contributed by atoms with Gasteiger partial charge in [-0.2, -0.15) is 0 Å². The monoisotopic (exact) mass is 286 g/mol. The van der Waals surface area contributed by atoms with E-state index in [1.165, 1.54) is 7.11 Å². The van der Waals surface area contributed by atoms with Crippen molar-refractivity contribution >= 4 is 5.97 Å². The first kappa shape index (κ1) is 15.1. The lowest BCUT2D eigenvalue weighted by Crippen LogP contribution is -2.47. The molecule has 0 aromatic heterocycles. The van der Waals surface area contributed by atoms with Gasteiger partial charge in [-0.05, 0) is 24.6 Å². The van der Waals surface area contributed by atoms with E-state index >= 15 is 0 Å². The van der Waals surface area contributed by atoms with Crippen LogP contribution in [0.4, 0.5) is 0 Å². The summed E-state index contributed by atoms with van der Waals surface area (Å²) in [5.41, 5.74) is -0.554. The Kier molecular flexibility index (Phi) is 4.60. The summed E-state index contributed by atoms with van der Waals surface area (Å²) in [6.45, 7) is 1.66. The molecule has 0 aliphatic carbocycles. The van der Waals surface area contributed by atoms with Crippen LogP contribution >= 0.6 is 0 Å². The minimum absolute atomic E-state index is 0.562. The van der Waals surface area contributed by atoms with Crippen molar-refractivity contribution in [3.05, 3.63) is 66.2 Å². The van der Waals surface area contributed by atoms with Gasteiger partial charge in [-0.15, -0.1) is 0 Å². The van der Waals surface area contributed by atoms with Crippen molar-refractivity contribution in [2.75, 3.05) is 7.11 Å². The van der Waals surface area contributed by atoms with E-state index in [4.69, 9.17) is 4.74 Å². The van der Waals surface area contributed by atoms with Gasteiger partial charge in [-0.1, -0.05) is 48.5 Å². The third kappa shape index (κ3) is 3.23. The van der Waals surface area contributed by atoms with Crippen molar-refractivity contribution in [3.8, 4) is 5.75 Å². The SMILES string of the molecule is COC(=O)C(O)C(C)(Oc1ccccc1)c1ccccc1. The zero-order chi connectivity index (χ0) is 15.3.